The summed E-state index contributed by atoms with van der Waals surface area (Å²) in [7, 11) is 0. The predicted molar refractivity (Wildman–Crippen MR) is 116 cm³/mol. The topological polar surface area (TPSA) is 115 Å². The summed E-state index contributed by atoms with van der Waals surface area (Å²) in [6.45, 7) is 1.43. The van der Waals surface area contributed by atoms with Gasteiger partial charge in [-0.15, -0.1) is 21.5 Å². The molecule has 4 aromatic rings. The Bertz CT molecular complexity index is 1150. The Labute approximate surface area is 182 Å². The molecule has 31 heavy (non-hydrogen) atoms. The van der Waals surface area contributed by atoms with E-state index in [0.717, 1.165) is 35.8 Å². The summed E-state index contributed by atoms with van der Waals surface area (Å²) in [5, 5.41) is 17.7. The van der Waals surface area contributed by atoms with Gasteiger partial charge in [0.15, 0.2) is 11.6 Å². The van der Waals surface area contributed by atoms with Gasteiger partial charge in [0.05, 0.1) is 10.8 Å². The van der Waals surface area contributed by atoms with Crippen molar-refractivity contribution in [3.63, 3.8) is 0 Å². The smallest absolute Gasteiger partial charge is 0.230 e. The summed E-state index contributed by atoms with van der Waals surface area (Å²) in [5.74, 6) is 1.51. The average molecular weight is 434 g/mol. The maximum atomic E-state index is 12.9. The van der Waals surface area contributed by atoms with E-state index < -0.39 is 0 Å². The molecule has 1 aliphatic rings. The third kappa shape index (κ3) is 4.26. The van der Waals surface area contributed by atoms with Crippen molar-refractivity contribution >= 4 is 28.9 Å². The van der Waals surface area contributed by atoms with Crippen LogP contribution in [-0.2, 0) is 4.79 Å². The van der Waals surface area contributed by atoms with Crippen LogP contribution < -0.4 is 10.2 Å². The van der Waals surface area contributed by atoms with E-state index in [1.165, 1.54) is 23.7 Å². The summed E-state index contributed by atoms with van der Waals surface area (Å²) in [6, 6.07) is 9.64. The highest BCUT2D eigenvalue weighted by Crippen LogP contribution is 2.26. The molecule has 11 heteroatoms. The number of thiophene rings is 1. The molecule has 0 saturated carbocycles. The van der Waals surface area contributed by atoms with Crippen molar-refractivity contribution in [2.24, 2.45) is 5.92 Å². The third-order valence-corrected chi connectivity index (χ3v) is 5.99. The summed E-state index contributed by atoms with van der Waals surface area (Å²) in [4.78, 5) is 28.3. The molecule has 0 aromatic carbocycles. The fraction of sp³-hybridized carbons (Fsp3) is 0.250. The number of aromatic nitrogens is 7. The number of rotatable bonds is 5. The molecule has 1 unspecified atom stereocenters. The number of nitrogens with one attached hydrogen (secondary N) is 1. The van der Waals surface area contributed by atoms with Gasteiger partial charge in [-0.2, -0.15) is 5.10 Å². The van der Waals surface area contributed by atoms with Crippen LogP contribution in [0.5, 0.6) is 0 Å². The van der Waals surface area contributed by atoms with E-state index in [9.17, 15) is 4.79 Å². The Morgan fingerprint density at radius 3 is 2.87 bits per heavy atom. The lowest BCUT2D eigenvalue weighted by molar-refractivity contribution is -0.120. The second kappa shape index (κ2) is 8.56. The van der Waals surface area contributed by atoms with Gasteiger partial charge in [0, 0.05) is 19.2 Å². The monoisotopic (exact) mass is 433 g/mol. The minimum Gasteiger partial charge on any atom is -0.354 e. The van der Waals surface area contributed by atoms with E-state index in [-0.39, 0.29) is 11.8 Å². The first kappa shape index (κ1) is 19.2. The second-order valence-corrected chi connectivity index (χ2v) is 8.08. The van der Waals surface area contributed by atoms with E-state index >= 15 is 0 Å². The average Bonchev–Trinajstić information content (AvgIpc) is 3.54. The van der Waals surface area contributed by atoms with Gasteiger partial charge in [0.1, 0.15) is 30.5 Å². The van der Waals surface area contributed by atoms with Crippen LogP contribution in [0, 0.1) is 5.92 Å². The zero-order chi connectivity index (χ0) is 21.0. The number of anilines is 2. The van der Waals surface area contributed by atoms with E-state index in [4.69, 9.17) is 0 Å². The van der Waals surface area contributed by atoms with Crippen LogP contribution in [0.4, 0.5) is 11.6 Å². The summed E-state index contributed by atoms with van der Waals surface area (Å²) >= 11 is 1.63. The molecule has 1 amide bonds. The van der Waals surface area contributed by atoms with Gasteiger partial charge in [-0.1, -0.05) is 6.07 Å². The molecular formula is C20H19N9OS. The maximum Gasteiger partial charge on any atom is 0.230 e. The molecule has 1 N–H and O–H groups in total. The van der Waals surface area contributed by atoms with Crippen LogP contribution in [0.2, 0.25) is 0 Å². The Morgan fingerprint density at radius 2 is 2.10 bits per heavy atom. The van der Waals surface area contributed by atoms with Crippen LogP contribution in [0.25, 0.3) is 16.4 Å². The minimum absolute atomic E-state index is 0.0731. The van der Waals surface area contributed by atoms with Crippen LogP contribution in [0.3, 0.4) is 0 Å². The van der Waals surface area contributed by atoms with E-state index in [1.807, 2.05) is 29.6 Å². The van der Waals surface area contributed by atoms with Crippen LogP contribution in [0.15, 0.2) is 54.7 Å². The Hall–Kier alpha value is -3.73. The van der Waals surface area contributed by atoms with Crippen LogP contribution in [-0.4, -0.2) is 53.9 Å². The molecule has 4 aromatic heterocycles. The first-order chi connectivity index (χ1) is 15.3. The number of carbonyl (C=O) groups is 1. The quantitative estimate of drug-likeness (QED) is 0.510. The largest absolute Gasteiger partial charge is 0.354 e. The van der Waals surface area contributed by atoms with Gasteiger partial charge in [-0.25, -0.2) is 19.6 Å². The zero-order valence-electron chi connectivity index (χ0n) is 16.5. The number of amides is 1. The van der Waals surface area contributed by atoms with Gasteiger partial charge in [-0.3, -0.25) is 4.79 Å². The van der Waals surface area contributed by atoms with Crippen molar-refractivity contribution < 1.29 is 4.79 Å². The summed E-state index contributed by atoms with van der Waals surface area (Å²) < 4.78 is 1.51. The predicted octanol–water partition coefficient (Wildman–Crippen LogP) is 2.43. The molecule has 1 fully saturated rings. The first-order valence-corrected chi connectivity index (χ1v) is 10.7. The zero-order valence-corrected chi connectivity index (χ0v) is 17.3. The second-order valence-electron chi connectivity index (χ2n) is 7.13. The Morgan fingerprint density at radius 1 is 1.13 bits per heavy atom. The van der Waals surface area contributed by atoms with Gasteiger partial charge >= 0.3 is 0 Å². The number of hydrogen-bond donors (Lipinski definition) is 1. The number of hydrogen-bond acceptors (Lipinski definition) is 9. The molecule has 0 bridgehead atoms. The highest BCUT2D eigenvalue weighted by molar-refractivity contribution is 7.13. The molecule has 1 saturated heterocycles. The van der Waals surface area contributed by atoms with Crippen molar-refractivity contribution in [3.8, 4) is 16.4 Å². The number of carbonyl (C=O) groups excluding carboxylic acids is 1. The first-order valence-electron chi connectivity index (χ1n) is 9.87. The fourth-order valence-corrected chi connectivity index (χ4v) is 4.23. The summed E-state index contributed by atoms with van der Waals surface area (Å²) in [6.07, 6.45) is 6.07. The lowest BCUT2D eigenvalue weighted by atomic mass is 9.97. The lowest BCUT2D eigenvalue weighted by Crippen LogP contribution is -2.41. The molecule has 5 heterocycles. The SMILES string of the molecule is O=C(Nc1cc(-n2cncn2)ncn1)C1CCCN(c2ccc(-c3cccs3)nn2)C1. The normalized spacial score (nSPS) is 16.3. The maximum absolute atomic E-state index is 12.9. The molecule has 10 nitrogen and oxygen atoms in total. The third-order valence-electron chi connectivity index (χ3n) is 5.10. The van der Waals surface area contributed by atoms with Crippen LogP contribution in [0.1, 0.15) is 12.8 Å². The van der Waals surface area contributed by atoms with Crippen LogP contribution >= 0.6 is 11.3 Å². The molecule has 0 aliphatic carbocycles. The Balaban J connectivity index is 1.25. The van der Waals surface area contributed by atoms with E-state index in [2.05, 4.69) is 40.5 Å². The Kier molecular flexibility index (Phi) is 5.31. The van der Waals surface area contributed by atoms with Crippen molar-refractivity contribution in [2.75, 3.05) is 23.3 Å². The van der Waals surface area contributed by atoms with Crippen molar-refractivity contribution in [1.29, 1.82) is 0 Å². The highest BCUT2D eigenvalue weighted by Gasteiger charge is 2.27. The standard InChI is InChI=1S/C20H19N9OS/c30-20(25-17-9-19(23-12-22-17)29-13-21-11-24-29)14-3-1-7-28(10-14)18-6-5-15(26-27-18)16-4-2-8-31-16/h2,4-6,8-9,11-14H,1,3,7,10H2,(H,22,23,25,30). The van der Waals surface area contributed by atoms with E-state index in [0.29, 0.717) is 18.2 Å². The lowest BCUT2D eigenvalue weighted by Gasteiger charge is -2.32. The van der Waals surface area contributed by atoms with Crippen molar-refractivity contribution in [1.82, 2.24) is 34.9 Å². The molecular weight excluding hydrogens is 414 g/mol. The molecule has 156 valence electrons. The van der Waals surface area contributed by atoms with Gasteiger partial charge in [-0.05, 0) is 36.4 Å². The van der Waals surface area contributed by atoms with E-state index in [1.54, 1.807) is 17.4 Å². The number of nitrogens with zero attached hydrogens (tertiary/aromatic N) is 8. The molecule has 5 rings (SSSR count). The van der Waals surface area contributed by atoms with Gasteiger partial charge in [0.25, 0.3) is 0 Å². The molecule has 0 spiro atoms. The van der Waals surface area contributed by atoms with Gasteiger partial charge in [0.2, 0.25) is 5.91 Å². The summed E-state index contributed by atoms with van der Waals surface area (Å²) in [5.41, 5.74) is 0.858. The van der Waals surface area contributed by atoms with Crippen molar-refractivity contribution in [2.45, 2.75) is 12.8 Å². The highest BCUT2D eigenvalue weighted by atomic mass is 32.1. The van der Waals surface area contributed by atoms with Gasteiger partial charge < -0.3 is 10.2 Å². The fourth-order valence-electron chi connectivity index (χ4n) is 3.54. The number of piperidine rings is 1. The molecule has 0 radical (unpaired) electrons. The van der Waals surface area contributed by atoms with Crippen molar-refractivity contribution in [3.05, 3.63) is 54.7 Å². The molecule has 1 aliphatic heterocycles. The minimum atomic E-state index is -0.169. The molecule has 1 atom stereocenters.